The summed E-state index contributed by atoms with van der Waals surface area (Å²) >= 11 is 17.5. The highest BCUT2D eigenvalue weighted by Crippen LogP contribution is 2.46. The predicted molar refractivity (Wildman–Crippen MR) is 87.4 cm³/mol. The van der Waals surface area contributed by atoms with Gasteiger partial charge in [-0.15, -0.1) is 11.3 Å². The van der Waals surface area contributed by atoms with Gasteiger partial charge in [-0.2, -0.15) is 0 Å². The van der Waals surface area contributed by atoms with Crippen molar-refractivity contribution in [2.75, 3.05) is 5.73 Å². The Morgan fingerprint density at radius 2 is 1.85 bits per heavy atom. The van der Waals surface area contributed by atoms with Crippen molar-refractivity contribution in [3.05, 3.63) is 44.2 Å². The van der Waals surface area contributed by atoms with Gasteiger partial charge in [-0.1, -0.05) is 34.4 Å². The molecule has 0 aliphatic rings. The highest BCUT2D eigenvalue weighted by molar-refractivity contribution is 9.10. The van der Waals surface area contributed by atoms with Gasteiger partial charge in [0.1, 0.15) is 5.69 Å². The topological polar surface area (TPSA) is 52.0 Å². The highest BCUT2D eigenvalue weighted by atomic mass is 79.9. The molecule has 0 aliphatic heterocycles. The van der Waals surface area contributed by atoms with E-state index in [1.54, 1.807) is 18.2 Å². The summed E-state index contributed by atoms with van der Waals surface area (Å²) in [6, 6.07) is 7.21. The molecular weight excluding hydrogens is 383 g/mol. The lowest BCUT2D eigenvalue weighted by atomic mass is 10.0. The number of hydrogen-bond donors (Lipinski definition) is 1. The molecule has 102 valence electrons. The number of nitrogen functional groups attached to an aromatic ring is 1. The van der Waals surface area contributed by atoms with Crippen molar-refractivity contribution in [2.45, 2.75) is 0 Å². The number of nitrogens with two attached hydrogens (primary N) is 1. The fraction of sp³-hybridized carbons (Fsp3) is 0. The Balaban J connectivity index is 2.31. The zero-order valence-corrected chi connectivity index (χ0v) is 13.8. The predicted octanol–water partition coefficient (Wildman–Crippen LogP) is 5.72. The van der Waals surface area contributed by atoms with Crippen molar-refractivity contribution >= 4 is 56.4 Å². The molecule has 3 rings (SSSR count). The number of benzene rings is 1. The molecular formula is C13H7BrCl2N2OS. The lowest BCUT2D eigenvalue weighted by Gasteiger charge is -2.06. The van der Waals surface area contributed by atoms with Gasteiger partial charge in [0.15, 0.2) is 0 Å². The van der Waals surface area contributed by atoms with Crippen LogP contribution in [0.3, 0.4) is 0 Å². The van der Waals surface area contributed by atoms with E-state index >= 15 is 0 Å². The van der Waals surface area contributed by atoms with Gasteiger partial charge >= 0.3 is 0 Å². The van der Waals surface area contributed by atoms with Crippen molar-refractivity contribution in [2.24, 2.45) is 0 Å². The molecule has 3 aromatic rings. The van der Waals surface area contributed by atoms with Crippen molar-refractivity contribution in [3.8, 4) is 21.7 Å². The van der Waals surface area contributed by atoms with E-state index in [2.05, 4.69) is 21.1 Å². The van der Waals surface area contributed by atoms with E-state index in [0.29, 0.717) is 26.9 Å². The molecule has 0 fully saturated rings. The van der Waals surface area contributed by atoms with E-state index in [1.807, 2.05) is 11.4 Å². The third-order valence-electron chi connectivity index (χ3n) is 2.76. The van der Waals surface area contributed by atoms with Crippen LogP contribution in [0.1, 0.15) is 0 Å². The summed E-state index contributed by atoms with van der Waals surface area (Å²) in [5, 5.41) is 6.99. The molecule has 20 heavy (non-hydrogen) atoms. The molecule has 0 spiro atoms. The lowest BCUT2D eigenvalue weighted by molar-refractivity contribution is 0.439. The van der Waals surface area contributed by atoms with E-state index in [4.69, 9.17) is 33.5 Å². The van der Waals surface area contributed by atoms with E-state index in [0.717, 1.165) is 9.35 Å². The zero-order valence-electron chi connectivity index (χ0n) is 9.86. The number of nitrogens with zero attached hydrogens (tertiary/aromatic N) is 1. The third-order valence-corrected chi connectivity index (χ3v) is 5.24. The second-order valence-corrected chi connectivity index (χ2v) is 6.55. The molecule has 0 bridgehead atoms. The fourth-order valence-corrected chi connectivity index (χ4v) is 4.03. The number of aromatic nitrogens is 1. The van der Waals surface area contributed by atoms with Crippen molar-refractivity contribution in [1.29, 1.82) is 0 Å². The summed E-state index contributed by atoms with van der Waals surface area (Å²) in [7, 11) is 0. The van der Waals surface area contributed by atoms with Crippen molar-refractivity contribution < 1.29 is 4.52 Å². The van der Waals surface area contributed by atoms with Crippen LogP contribution in [0, 0.1) is 0 Å². The van der Waals surface area contributed by atoms with Crippen LogP contribution in [0.25, 0.3) is 21.7 Å². The Labute approximate surface area is 137 Å². The molecule has 3 nitrogen and oxygen atoms in total. The molecule has 1 aromatic carbocycles. The minimum absolute atomic E-state index is 0.190. The molecule has 0 amide bonds. The maximum Gasteiger partial charge on any atom is 0.230 e. The first-order chi connectivity index (χ1) is 9.59. The quantitative estimate of drug-likeness (QED) is 0.609. The summed E-state index contributed by atoms with van der Waals surface area (Å²) in [5.74, 6) is 0.190. The number of anilines is 1. The van der Waals surface area contributed by atoms with E-state index in [-0.39, 0.29) is 5.88 Å². The third kappa shape index (κ3) is 2.24. The van der Waals surface area contributed by atoms with Gasteiger partial charge in [-0.05, 0) is 39.5 Å². The van der Waals surface area contributed by atoms with Crippen LogP contribution >= 0.6 is 50.5 Å². The SMILES string of the molecule is Nc1onc(-c2sccc2Br)c1-c1c(Cl)cccc1Cl. The molecule has 7 heteroatoms. The van der Waals surface area contributed by atoms with Crippen LogP contribution < -0.4 is 5.73 Å². The molecule has 0 atom stereocenters. The van der Waals surface area contributed by atoms with Gasteiger partial charge in [-0.25, -0.2) is 0 Å². The average molecular weight is 390 g/mol. The van der Waals surface area contributed by atoms with Crippen LogP contribution in [-0.2, 0) is 0 Å². The highest BCUT2D eigenvalue weighted by Gasteiger charge is 2.23. The van der Waals surface area contributed by atoms with Crippen LogP contribution in [0.15, 0.2) is 38.6 Å². The standard InChI is InChI=1S/C13H7BrCl2N2OS/c14-6-4-5-20-12(6)11-10(13(17)19-18-11)9-7(15)2-1-3-8(9)16/h1-5H,17H2. The van der Waals surface area contributed by atoms with Crippen LogP contribution in [0.5, 0.6) is 0 Å². The molecule has 0 unspecified atom stereocenters. The van der Waals surface area contributed by atoms with Gasteiger partial charge in [0, 0.05) is 10.0 Å². The van der Waals surface area contributed by atoms with Crippen LogP contribution in [-0.4, -0.2) is 5.16 Å². The maximum atomic E-state index is 6.25. The van der Waals surface area contributed by atoms with Gasteiger partial charge in [0.25, 0.3) is 0 Å². The summed E-state index contributed by atoms with van der Waals surface area (Å²) in [6.45, 7) is 0. The Hall–Kier alpha value is -1.01. The molecule has 2 N–H and O–H groups in total. The Morgan fingerprint density at radius 1 is 1.15 bits per heavy atom. The summed E-state index contributed by atoms with van der Waals surface area (Å²) < 4.78 is 6.05. The second-order valence-electron chi connectivity index (χ2n) is 3.96. The second kappa shape index (κ2) is 5.41. The molecule has 0 radical (unpaired) electrons. The largest absolute Gasteiger partial charge is 0.367 e. The smallest absolute Gasteiger partial charge is 0.230 e. The lowest BCUT2D eigenvalue weighted by Crippen LogP contribution is -1.89. The van der Waals surface area contributed by atoms with Crippen LogP contribution in [0.2, 0.25) is 10.0 Å². The fourth-order valence-electron chi connectivity index (χ4n) is 1.90. The molecule has 2 aromatic heterocycles. The first-order valence-corrected chi connectivity index (χ1v) is 7.95. The van der Waals surface area contributed by atoms with Gasteiger partial charge in [-0.3, -0.25) is 0 Å². The van der Waals surface area contributed by atoms with E-state index in [1.165, 1.54) is 11.3 Å². The number of halogens is 3. The Bertz CT molecular complexity index is 764. The summed E-state index contributed by atoms with van der Waals surface area (Å²) in [4.78, 5) is 0.913. The number of rotatable bonds is 2. The number of thiophene rings is 1. The number of hydrogen-bond acceptors (Lipinski definition) is 4. The molecule has 0 aliphatic carbocycles. The van der Waals surface area contributed by atoms with Gasteiger partial charge in [0.05, 0.1) is 20.5 Å². The van der Waals surface area contributed by atoms with E-state index in [9.17, 15) is 0 Å². The monoisotopic (exact) mass is 388 g/mol. The molecule has 0 saturated heterocycles. The molecule has 2 heterocycles. The minimum atomic E-state index is 0.190. The summed E-state index contributed by atoms with van der Waals surface area (Å²) in [5.41, 5.74) is 7.78. The normalized spacial score (nSPS) is 10.9. The average Bonchev–Trinajstić information content (AvgIpc) is 2.97. The summed E-state index contributed by atoms with van der Waals surface area (Å²) in [6.07, 6.45) is 0. The Kier molecular flexibility index (Phi) is 3.77. The zero-order chi connectivity index (χ0) is 14.3. The van der Waals surface area contributed by atoms with Gasteiger partial charge in [0.2, 0.25) is 5.88 Å². The maximum absolute atomic E-state index is 6.25. The molecule has 0 saturated carbocycles. The first-order valence-electron chi connectivity index (χ1n) is 5.52. The minimum Gasteiger partial charge on any atom is -0.367 e. The van der Waals surface area contributed by atoms with Crippen molar-refractivity contribution in [3.63, 3.8) is 0 Å². The van der Waals surface area contributed by atoms with Gasteiger partial charge < -0.3 is 10.3 Å². The van der Waals surface area contributed by atoms with E-state index < -0.39 is 0 Å². The first kappa shape index (κ1) is 13.9. The Morgan fingerprint density at radius 3 is 2.45 bits per heavy atom. The van der Waals surface area contributed by atoms with Crippen molar-refractivity contribution in [1.82, 2.24) is 5.16 Å². The van der Waals surface area contributed by atoms with Crippen LogP contribution in [0.4, 0.5) is 5.88 Å².